The normalized spacial score (nSPS) is 12.4. The van der Waals surface area contributed by atoms with Crippen molar-refractivity contribution in [3.8, 4) is 5.75 Å². The molecule has 23 heavy (non-hydrogen) atoms. The maximum Gasteiger partial charge on any atom is 0.314 e. The van der Waals surface area contributed by atoms with Crippen LogP contribution in [0.3, 0.4) is 0 Å². The average Bonchev–Trinajstić information content (AvgIpc) is 3.03. The summed E-state index contributed by atoms with van der Waals surface area (Å²) in [6.07, 6.45) is 3.24. The van der Waals surface area contributed by atoms with E-state index in [0.29, 0.717) is 17.1 Å². The third kappa shape index (κ3) is 3.34. The van der Waals surface area contributed by atoms with Crippen molar-refractivity contribution in [2.75, 3.05) is 17.7 Å². The van der Waals surface area contributed by atoms with Gasteiger partial charge in [-0.25, -0.2) is 0 Å². The Kier molecular flexibility index (Phi) is 4.28. The van der Waals surface area contributed by atoms with Gasteiger partial charge in [0.05, 0.1) is 12.8 Å². The second-order valence-electron chi connectivity index (χ2n) is 5.45. The van der Waals surface area contributed by atoms with Crippen LogP contribution in [-0.2, 0) is 22.4 Å². The molecule has 0 radical (unpaired) electrons. The van der Waals surface area contributed by atoms with Gasteiger partial charge in [0.2, 0.25) is 0 Å². The lowest BCUT2D eigenvalue weighted by molar-refractivity contribution is -0.133. The summed E-state index contributed by atoms with van der Waals surface area (Å²) in [5, 5.41) is 5.20. The van der Waals surface area contributed by atoms with Gasteiger partial charge < -0.3 is 15.4 Å². The Bertz CT molecular complexity index is 756. The topological polar surface area (TPSA) is 67.4 Å². The fourth-order valence-electron chi connectivity index (χ4n) is 2.76. The Morgan fingerprint density at radius 2 is 1.70 bits per heavy atom. The first-order valence-electron chi connectivity index (χ1n) is 7.54. The molecule has 0 aliphatic heterocycles. The van der Waals surface area contributed by atoms with E-state index in [2.05, 4.69) is 10.6 Å². The largest absolute Gasteiger partial charge is 0.495 e. The molecule has 2 aromatic carbocycles. The van der Waals surface area contributed by atoms with Crippen LogP contribution in [0.1, 0.15) is 17.5 Å². The smallest absolute Gasteiger partial charge is 0.314 e. The van der Waals surface area contributed by atoms with Crippen LogP contribution in [0.4, 0.5) is 11.4 Å². The van der Waals surface area contributed by atoms with Gasteiger partial charge in [0.25, 0.3) is 0 Å². The lowest BCUT2D eigenvalue weighted by Crippen LogP contribution is -2.29. The number of ether oxygens (including phenoxy) is 1. The van der Waals surface area contributed by atoms with Gasteiger partial charge in [-0.2, -0.15) is 0 Å². The zero-order chi connectivity index (χ0) is 16.2. The van der Waals surface area contributed by atoms with Crippen molar-refractivity contribution >= 4 is 23.2 Å². The van der Waals surface area contributed by atoms with Gasteiger partial charge in [-0.1, -0.05) is 18.2 Å². The van der Waals surface area contributed by atoms with E-state index in [9.17, 15) is 9.59 Å². The quantitative estimate of drug-likeness (QED) is 0.857. The highest BCUT2D eigenvalue weighted by atomic mass is 16.5. The van der Waals surface area contributed by atoms with Crippen molar-refractivity contribution in [2.24, 2.45) is 0 Å². The predicted molar refractivity (Wildman–Crippen MR) is 88.7 cm³/mol. The standard InChI is InChI=1S/C18H18N2O3/c1-23-16-8-3-2-7-15(16)20-18(22)17(21)19-14-10-9-12-5-4-6-13(12)11-14/h2-3,7-11H,4-6H2,1H3,(H,19,21)(H,20,22). The molecule has 0 atom stereocenters. The number of carbonyl (C=O) groups is 2. The summed E-state index contributed by atoms with van der Waals surface area (Å²) in [6.45, 7) is 0. The number of nitrogens with one attached hydrogen (secondary N) is 2. The molecule has 1 aliphatic carbocycles. The molecule has 0 bridgehead atoms. The van der Waals surface area contributed by atoms with Crippen LogP contribution in [0.2, 0.25) is 0 Å². The van der Waals surface area contributed by atoms with Crippen LogP contribution < -0.4 is 15.4 Å². The maximum atomic E-state index is 12.1. The number of anilines is 2. The fourth-order valence-corrected chi connectivity index (χ4v) is 2.76. The Hall–Kier alpha value is -2.82. The number of hydrogen-bond acceptors (Lipinski definition) is 3. The zero-order valence-corrected chi connectivity index (χ0v) is 12.9. The highest BCUT2D eigenvalue weighted by molar-refractivity contribution is 6.43. The first-order chi connectivity index (χ1) is 11.2. The summed E-state index contributed by atoms with van der Waals surface area (Å²) in [7, 11) is 1.51. The van der Waals surface area contributed by atoms with Gasteiger partial charge in [-0.05, 0) is 54.7 Å². The average molecular weight is 310 g/mol. The minimum absolute atomic E-state index is 0.462. The fraction of sp³-hybridized carbons (Fsp3) is 0.222. The molecule has 118 valence electrons. The van der Waals surface area contributed by atoms with E-state index in [1.807, 2.05) is 18.2 Å². The number of amides is 2. The molecule has 0 fully saturated rings. The number of carbonyl (C=O) groups excluding carboxylic acids is 2. The zero-order valence-electron chi connectivity index (χ0n) is 12.9. The molecule has 0 unspecified atom stereocenters. The van der Waals surface area contributed by atoms with Gasteiger partial charge in [0, 0.05) is 5.69 Å². The number of rotatable bonds is 3. The number of methoxy groups -OCH3 is 1. The van der Waals surface area contributed by atoms with Crippen molar-refractivity contribution in [3.05, 3.63) is 53.6 Å². The van der Waals surface area contributed by atoms with Crippen molar-refractivity contribution in [1.82, 2.24) is 0 Å². The number of hydrogen-bond donors (Lipinski definition) is 2. The van der Waals surface area contributed by atoms with Crippen LogP contribution in [-0.4, -0.2) is 18.9 Å². The lowest BCUT2D eigenvalue weighted by Gasteiger charge is -2.10. The van der Waals surface area contributed by atoms with Crippen LogP contribution >= 0.6 is 0 Å². The summed E-state index contributed by atoms with van der Waals surface area (Å²) in [6, 6.07) is 12.7. The van der Waals surface area contributed by atoms with E-state index in [1.54, 1.807) is 24.3 Å². The van der Waals surface area contributed by atoms with Crippen molar-refractivity contribution < 1.29 is 14.3 Å². The molecule has 0 saturated carbocycles. The molecule has 0 heterocycles. The van der Waals surface area contributed by atoms with Crippen molar-refractivity contribution in [3.63, 3.8) is 0 Å². The summed E-state index contributed by atoms with van der Waals surface area (Å²) in [4.78, 5) is 24.1. The second-order valence-corrected chi connectivity index (χ2v) is 5.45. The minimum atomic E-state index is -0.727. The number of fused-ring (bicyclic) bond motifs is 1. The van der Waals surface area contributed by atoms with E-state index < -0.39 is 11.8 Å². The Morgan fingerprint density at radius 3 is 2.52 bits per heavy atom. The SMILES string of the molecule is COc1ccccc1NC(=O)C(=O)Nc1ccc2c(c1)CCC2. The third-order valence-corrected chi connectivity index (χ3v) is 3.92. The van der Waals surface area contributed by atoms with E-state index in [1.165, 1.54) is 18.2 Å². The van der Waals surface area contributed by atoms with Gasteiger partial charge in [0.15, 0.2) is 0 Å². The van der Waals surface area contributed by atoms with Gasteiger partial charge >= 0.3 is 11.8 Å². The highest BCUT2D eigenvalue weighted by Gasteiger charge is 2.17. The van der Waals surface area contributed by atoms with Crippen LogP contribution in [0, 0.1) is 0 Å². The Morgan fingerprint density at radius 1 is 0.957 bits per heavy atom. The van der Waals surface area contributed by atoms with Crippen molar-refractivity contribution in [1.29, 1.82) is 0 Å². The monoisotopic (exact) mass is 310 g/mol. The molecule has 0 saturated heterocycles. The van der Waals surface area contributed by atoms with E-state index >= 15 is 0 Å². The molecule has 2 amide bonds. The Balaban J connectivity index is 1.67. The molecule has 5 nitrogen and oxygen atoms in total. The lowest BCUT2D eigenvalue weighted by atomic mass is 10.1. The summed E-state index contributed by atoms with van der Waals surface area (Å²) in [5.74, 6) is -0.921. The van der Waals surface area contributed by atoms with E-state index in [-0.39, 0.29) is 0 Å². The highest BCUT2D eigenvalue weighted by Crippen LogP contribution is 2.25. The van der Waals surface area contributed by atoms with E-state index in [4.69, 9.17) is 4.74 Å². The molecule has 2 aromatic rings. The maximum absolute atomic E-state index is 12.1. The number of benzene rings is 2. The molecule has 5 heteroatoms. The number of para-hydroxylation sites is 2. The molecular formula is C18H18N2O3. The van der Waals surface area contributed by atoms with Crippen LogP contribution in [0.25, 0.3) is 0 Å². The summed E-state index contributed by atoms with van der Waals surface area (Å²) < 4.78 is 5.15. The van der Waals surface area contributed by atoms with Gasteiger partial charge in [-0.3, -0.25) is 9.59 Å². The van der Waals surface area contributed by atoms with E-state index in [0.717, 1.165) is 19.3 Å². The molecular weight excluding hydrogens is 292 g/mol. The van der Waals surface area contributed by atoms with Gasteiger partial charge in [-0.15, -0.1) is 0 Å². The first kappa shape index (κ1) is 15.1. The van der Waals surface area contributed by atoms with Crippen molar-refractivity contribution in [2.45, 2.75) is 19.3 Å². The Labute approximate surface area is 134 Å². The van der Waals surface area contributed by atoms with Gasteiger partial charge in [0.1, 0.15) is 5.75 Å². The van der Waals surface area contributed by atoms with Crippen LogP contribution in [0.5, 0.6) is 5.75 Å². The van der Waals surface area contributed by atoms with Crippen LogP contribution in [0.15, 0.2) is 42.5 Å². The molecule has 0 spiro atoms. The molecule has 2 N–H and O–H groups in total. The minimum Gasteiger partial charge on any atom is -0.495 e. The summed E-state index contributed by atoms with van der Waals surface area (Å²) >= 11 is 0. The second kappa shape index (κ2) is 6.52. The third-order valence-electron chi connectivity index (χ3n) is 3.92. The molecule has 3 rings (SSSR count). The predicted octanol–water partition coefficient (Wildman–Crippen LogP) is 2.76. The number of aryl methyl sites for hydroxylation is 2. The molecule has 1 aliphatic rings. The first-order valence-corrected chi connectivity index (χ1v) is 7.54. The summed E-state index contributed by atoms with van der Waals surface area (Å²) in [5.41, 5.74) is 3.67. The molecule has 0 aromatic heterocycles.